The Kier molecular flexibility index (Phi) is 12.4. The van der Waals surface area contributed by atoms with Crippen molar-refractivity contribution in [1.29, 1.82) is 0 Å². The number of amides is 1. The van der Waals surface area contributed by atoms with Crippen molar-refractivity contribution in [1.82, 2.24) is 20.3 Å². The number of anilines is 2. The fourth-order valence-electron chi connectivity index (χ4n) is 4.26. The van der Waals surface area contributed by atoms with Crippen molar-refractivity contribution in [3.63, 3.8) is 0 Å². The number of hydrogen-bond donors (Lipinski definition) is 2. The van der Waals surface area contributed by atoms with Gasteiger partial charge in [0.1, 0.15) is 5.69 Å². The molecule has 0 aliphatic carbocycles. The van der Waals surface area contributed by atoms with Gasteiger partial charge in [0.2, 0.25) is 5.75 Å². The maximum Gasteiger partial charge on any atom is 0.277 e. The van der Waals surface area contributed by atoms with E-state index in [0.29, 0.717) is 85.4 Å². The lowest BCUT2D eigenvalue weighted by Gasteiger charge is -2.31. The molecule has 1 aromatic carbocycles. The van der Waals surface area contributed by atoms with Gasteiger partial charge in [0, 0.05) is 51.2 Å². The number of hydrogen-bond acceptors (Lipinski definition) is 14. The van der Waals surface area contributed by atoms with Gasteiger partial charge >= 0.3 is 0 Å². The number of aromatic nitrogens is 2. The van der Waals surface area contributed by atoms with E-state index >= 15 is 0 Å². The molecule has 1 fully saturated rings. The zero-order valence-corrected chi connectivity index (χ0v) is 25.2. The number of likely N-dealkylation sites (N-methyl/N-ethyl adjacent to an activating group) is 2. The molecule has 15 heteroatoms. The van der Waals surface area contributed by atoms with Gasteiger partial charge < -0.3 is 28.7 Å². The number of morpholine rings is 1. The summed E-state index contributed by atoms with van der Waals surface area (Å²) >= 11 is 0. The van der Waals surface area contributed by atoms with Crippen LogP contribution in [0.2, 0.25) is 0 Å². The lowest BCUT2D eigenvalue weighted by Crippen LogP contribution is -2.37. The van der Waals surface area contributed by atoms with E-state index < -0.39 is 5.91 Å². The number of benzene rings is 1. The summed E-state index contributed by atoms with van der Waals surface area (Å²) in [6, 6.07) is 3.61. The second-order valence-electron chi connectivity index (χ2n) is 9.38. The molecule has 1 amide bonds. The van der Waals surface area contributed by atoms with E-state index in [1.54, 1.807) is 38.9 Å². The molecule has 1 aromatic heterocycles. The van der Waals surface area contributed by atoms with Crippen LogP contribution in [0.15, 0.2) is 38.9 Å². The van der Waals surface area contributed by atoms with Gasteiger partial charge in [-0.3, -0.25) is 29.9 Å². The van der Waals surface area contributed by atoms with Gasteiger partial charge in [0.25, 0.3) is 5.91 Å². The largest absolute Gasteiger partial charge is 0.493 e. The molecule has 0 bridgehead atoms. The van der Waals surface area contributed by atoms with E-state index in [4.69, 9.17) is 34.1 Å². The Hall–Kier alpha value is -4.60. The molecule has 232 valence electrons. The smallest absolute Gasteiger partial charge is 0.277 e. The second-order valence-corrected chi connectivity index (χ2v) is 9.38. The van der Waals surface area contributed by atoms with Crippen LogP contribution in [-0.2, 0) is 9.53 Å². The van der Waals surface area contributed by atoms with Crippen LogP contribution in [0.25, 0.3) is 11.4 Å². The summed E-state index contributed by atoms with van der Waals surface area (Å²) in [7, 11) is 8.46. The number of aliphatic imine (C=N–C) groups is 3. The van der Waals surface area contributed by atoms with Crippen molar-refractivity contribution in [2.75, 3.05) is 91.3 Å². The Morgan fingerprint density at radius 3 is 2.35 bits per heavy atom. The number of carbonyl (C=O) groups excluding carboxylic acids is 1. The highest BCUT2D eigenvalue weighted by atomic mass is 16.5. The maximum absolute atomic E-state index is 11.7. The summed E-state index contributed by atoms with van der Waals surface area (Å²) < 4.78 is 22.2. The third-order valence-corrected chi connectivity index (χ3v) is 6.57. The fourth-order valence-corrected chi connectivity index (χ4v) is 4.26. The Balaban J connectivity index is 1.94. The molecule has 2 aromatic rings. The zero-order valence-electron chi connectivity index (χ0n) is 25.2. The van der Waals surface area contributed by atoms with Gasteiger partial charge in [-0.25, -0.2) is 15.4 Å². The first-order valence-electron chi connectivity index (χ1n) is 13.3. The van der Waals surface area contributed by atoms with Gasteiger partial charge in [0.15, 0.2) is 29.0 Å². The first-order valence-corrected chi connectivity index (χ1v) is 13.3. The Bertz CT molecular complexity index is 1320. The summed E-state index contributed by atoms with van der Waals surface area (Å²) in [6.07, 6.45) is 2.53. The number of hydroxylamine groups is 1. The van der Waals surface area contributed by atoms with Gasteiger partial charge in [-0.1, -0.05) is 0 Å². The summed E-state index contributed by atoms with van der Waals surface area (Å²) in [6.45, 7) is 11.0. The molecule has 0 spiro atoms. The quantitative estimate of drug-likeness (QED) is 0.133. The Morgan fingerprint density at radius 1 is 1.12 bits per heavy atom. The average molecular weight is 598 g/mol. The van der Waals surface area contributed by atoms with Crippen LogP contribution in [-0.4, -0.2) is 127 Å². The van der Waals surface area contributed by atoms with Gasteiger partial charge in [-0.15, -0.1) is 0 Å². The van der Waals surface area contributed by atoms with Crippen molar-refractivity contribution in [3.05, 3.63) is 23.9 Å². The number of rotatable bonds is 15. The normalized spacial score (nSPS) is 13.7. The van der Waals surface area contributed by atoms with Crippen molar-refractivity contribution in [2.24, 2.45) is 15.0 Å². The van der Waals surface area contributed by atoms with E-state index in [1.807, 2.05) is 23.9 Å². The van der Waals surface area contributed by atoms with E-state index in [1.165, 1.54) is 12.4 Å². The molecular weight excluding hydrogens is 558 g/mol. The Labute approximate surface area is 251 Å². The molecular formula is C28H39N9O6. The van der Waals surface area contributed by atoms with Crippen molar-refractivity contribution >= 4 is 42.9 Å². The van der Waals surface area contributed by atoms with Crippen molar-refractivity contribution in [3.8, 4) is 28.6 Å². The molecule has 43 heavy (non-hydrogen) atoms. The third-order valence-electron chi connectivity index (χ3n) is 6.57. The minimum absolute atomic E-state index is 0.0701. The topological polar surface area (TPSA) is 159 Å². The molecule has 1 aliphatic heterocycles. The number of methoxy groups -OCH3 is 3. The lowest BCUT2D eigenvalue weighted by molar-refractivity contribution is -0.124. The van der Waals surface area contributed by atoms with E-state index in [-0.39, 0.29) is 12.2 Å². The number of nitrogens with one attached hydrogen (secondary N) is 1. The summed E-state index contributed by atoms with van der Waals surface area (Å²) in [5, 5.41) is 8.88. The molecule has 2 N–H and O–H groups in total. The third kappa shape index (κ3) is 8.24. The average Bonchev–Trinajstić information content (AvgIpc) is 3.05. The van der Waals surface area contributed by atoms with Crippen LogP contribution in [0.5, 0.6) is 17.2 Å². The van der Waals surface area contributed by atoms with E-state index in [9.17, 15) is 4.79 Å². The van der Waals surface area contributed by atoms with Crippen LogP contribution in [0, 0.1) is 0 Å². The van der Waals surface area contributed by atoms with Gasteiger partial charge in [-0.05, 0) is 32.6 Å². The molecule has 0 atom stereocenters. The zero-order chi connectivity index (χ0) is 31.4. The SMILES string of the molecule is C=N/C=C(\C=N/CN(C)CCN(C)c1nc(-c2cc(OC)c(OC)c(OC)c2)nc(N2CCOCC2)c1N=C)C(=O)NO. The van der Waals surface area contributed by atoms with E-state index in [2.05, 4.69) is 33.3 Å². The van der Waals surface area contributed by atoms with Crippen LogP contribution in [0.1, 0.15) is 0 Å². The Morgan fingerprint density at radius 2 is 1.79 bits per heavy atom. The lowest BCUT2D eigenvalue weighted by atomic mass is 10.1. The standard InChI is InChI=1S/C28H39N9O6/c1-29-16-20(28(38)34-39)17-31-18-35(3)8-9-36(4)26-23(30-2)27(37-10-12-43-13-11-37)33-25(32-26)19-14-21(40-5)24(42-7)22(15-19)41-6/h14-17,39H,1-2,8-13,18H2,3-7H3,(H,34,38)/b20-16+,31-17-. The minimum Gasteiger partial charge on any atom is -0.493 e. The molecule has 0 saturated carbocycles. The second kappa shape index (κ2) is 16.1. The number of ether oxygens (including phenoxy) is 4. The highest BCUT2D eigenvalue weighted by Crippen LogP contribution is 2.43. The minimum atomic E-state index is -0.731. The molecule has 1 aliphatic rings. The number of carbonyl (C=O) groups is 1. The van der Waals surface area contributed by atoms with Crippen molar-refractivity contribution < 1.29 is 28.9 Å². The summed E-state index contributed by atoms with van der Waals surface area (Å²) in [5.74, 6) is 2.39. The molecule has 2 heterocycles. The first-order chi connectivity index (χ1) is 20.8. The molecule has 15 nitrogen and oxygen atoms in total. The molecule has 0 unspecified atom stereocenters. The maximum atomic E-state index is 11.7. The molecule has 1 saturated heterocycles. The number of nitrogens with zero attached hydrogens (tertiary/aromatic N) is 8. The van der Waals surface area contributed by atoms with Crippen LogP contribution in [0.4, 0.5) is 17.3 Å². The molecule has 0 radical (unpaired) electrons. The monoisotopic (exact) mass is 597 g/mol. The fraction of sp³-hybridized carbons (Fsp3) is 0.429. The van der Waals surface area contributed by atoms with Crippen LogP contribution >= 0.6 is 0 Å². The van der Waals surface area contributed by atoms with Crippen molar-refractivity contribution in [2.45, 2.75) is 0 Å². The summed E-state index contributed by atoms with van der Waals surface area (Å²) in [4.78, 5) is 39.8. The highest BCUT2D eigenvalue weighted by Gasteiger charge is 2.25. The van der Waals surface area contributed by atoms with Gasteiger partial charge in [-0.2, -0.15) is 0 Å². The van der Waals surface area contributed by atoms with Crippen LogP contribution in [0.3, 0.4) is 0 Å². The highest BCUT2D eigenvalue weighted by molar-refractivity contribution is 6.11. The predicted octanol–water partition coefficient (Wildman–Crippen LogP) is 1.82. The van der Waals surface area contributed by atoms with Gasteiger partial charge in [0.05, 0.1) is 46.8 Å². The van der Waals surface area contributed by atoms with Crippen LogP contribution < -0.4 is 29.5 Å². The first kappa shape index (κ1) is 32.9. The predicted molar refractivity (Wildman–Crippen MR) is 166 cm³/mol. The summed E-state index contributed by atoms with van der Waals surface area (Å²) in [5.41, 5.74) is 2.86. The van der Waals surface area contributed by atoms with E-state index in [0.717, 1.165) is 0 Å². The molecule has 3 rings (SSSR count).